The van der Waals surface area contributed by atoms with Crippen LogP contribution in [0.1, 0.15) is 18.4 Å². The van der Waals surface area contributed by atoms with Crippen LogP contribution in [0.3, 0.4) is 0 Å². The van der Waals surface area contributed by atoms with Crippen LogP contribution in [-0.2, 0) is 6.54 Å². The first-order valence-electron chi connectivity index (χ1n) is 8.72. The van der Waals surface area contributed by atoms with Crippen molar-refractivity contribution in [1.29, 1.82) is 0 Å². The third-order valence-corrected chi connectivity index (χ3v) is 5.33. The van der Waals surface area contributed by atoms with Gasteiger partial charge in [-0.25, -0.2) is 9.97 Å². The molecule has 0 spiro atoms. The smallest absolute Gasteiger partial charge is 0.134 e. The van der Waals surface area contributed by atoms with Crippen LogP contribution in [0.15, 0.2) is 41.1 Å². The number of benzene rings is 1. The van der Waals surface area contributed by atoms with Crippen LogP contribution < -0.4 is 9.80 Å². The summed E-state index contributed by atoms with van der Waals surface area (Å²) in [7, 11) is 6.16. The number of hydrogen-bond donors (Lipinski definition) is 0. The maximum absolute atomic E-state index is 4.48. The van der Waals surface area contributed by atoms with Gasteiger partial charge in [-0.2, -0.15) is 0 Å². The second-order valence-corrected chi connectivity index (χ2v) is 7.81. The fourth-order valence-electron chi connectivity index (χ4n) is 3.30. The van der Waals surface area contributed by atoms with Crippen LogP contribution in [0.2, 0.25) is 0 Å². The number of nitrogens with zero attached hydrogens (tertiary/aromatic N) is 5. The van der Waals surface area contributed by atoms with E-state index in [1.807, 2.05) is 19.0 Å². The molecule has 1 unspecified atom stereocenters. The normalized spacial score (nSPS) is 18.2. The Bertz CT molecular complexity index is 688. The van der Waals surface area contributed by atoms with Gasteiger partial charge in [0, 0.05) is 50.8 Å². The molecule has 2 aromatic rings. The van der Waals surface area contributed by atoms with Crippen molar-refractivity contribution in [1.82, 2.24) is 14.9 Å². The van der Waals surface area contributed by atoms with Crippen molar-refractivity contribution in [2.24, 2.45) is 0 Å². The average Bonchev–Trinajstić information content (AvgIpc) is 2.63. The molecule has 1 aliphatic rings. The highest BCUT2D eigenvalue weighted by molar-refractivity contribution is 9.10. The van der Waals surface area contributed by atoms with Crippen molar-refractivity contribution >= 4 is 27.6 Å². The summed E-state index contributed by atoms with van der Waals surface area (Å²) in [5.41, 5.74) is 1.36. The molecule has 1 atom stereocenters. The number of aromatic nitrogens is 2. The van der Waals surface area contributed by atoms with Crippen molar-refractivity contribution in [3.63, 3.8) is 0 Å². The predicted molar refractivity (Wildman–Crippen MR) is 107 cm³/mol. The van der Waals surface area contributed by atoms with E-state index in [0.29, 0.717) is 6.04 Å². The molecule has 3 rings (SSSR count). The van der Waals surface area contributed by atoms with Crippen LogP contribution in [-0.4, -0.2) is 55.1 Å². The van der Waals surface area contributed by atoms with Crippen LogP contribution in [0.4, 0.5) is 11.6 Å². The summed E-state index contributed by atoms with van der Waals surface area (Å²) in [6, 6.07) is 11.2. The summed E-state index contributed by atoms with van der Waals surface area (Å²) in [5.74, 6) is 1.94. The van der Waals surface area contributed by atoms with Crippen LogP contribution in [0.5, 0.6) is 0 Å². The fraction of sp³-hybridized carbons (Fsp3) is 0.474. The number of hydrogen-bond acceptors (Lipinski definition) is 5. The van der Waals surface area contributed by atoms with E-state index >= 15 is 0 Å². The molecule has 1 aromatic carbocycles. The van der Waals surface area contributed by atoms with Crippen LogP contribution >= 0.6 is 15.9 Å². The maximum Gasteiger partial charge on any atom is 0.134 e. The molecular formula is C19H26BrN5. The molecule has 0 aliphatic carbocycles. The van der Waals surface area contributed by atoms with E-state index in [1.54, 1.807) is 6.33 Å². The quantitative estimate of drug-likeness (QED) is 0.764. The summed E-state index contributed by atoms with van der Waals surface area (Å²) in [4.78, 5) is 15.7. The third kappa shape index (κ3) is 4.70. The highest BCUT2D eigenvalue weighted by Gasteiger charge is 2.24. The van der Waals surface area contributed by atoms with E-state index in [2.05, 4.69) is 73.1 Å². The van der Waals surface area contributed by atoms with Crippen molar-refractivity contribution in [3.8, 4) is 0 Å². The molecule has 0 amide bonds. The van der Waals surface area contributed by atoms with Gasteiger partial charge in [-0.05, 0) is 37.1 Å². The van der Waals surface area contributed by atoms with Crippen molar-refractivity contribution in [2.45, 2.75) is 25.4 Å². The zero-order valence-electron chi connectivity index (χ0n) is 15.2. The molecular weight excluding hydrogens is 378 g/mol. The van der Waals surface area contributed by atoms with Gasteiger partial charge in [0.15, 0.2) is 0 Å². The monoisotopic (exact) mass is 403 g/mol. The lowest BCUT2D eigenvalue weighted by Crippen LogP contribution is -2.46. The van der Waals surface area contributed by atoms with Crippen molar-refractivity contribution < 1.29 is 0 Å². The molecule has 0 bridgehead atoms. The first-order chi connectivity index (χ1) is 12.0. The lowest BCUT2D eigenvalue weighted by atomic mass is 10.0. The largest absolute Gasteiger partial charge is 0.363 e. The molecule has 0 N–H and O–H groups in total. The first-order valence-corrected chi connectivity index (χ1v) is 9.51. The summed E-state index contributed by atoms with van der Waals surface area (Å²) < 4.78 is 1.13. The van der Waals surface area contributed by atoms with E-state index in [9.17, 15) is 0 Å². The van der Waals surface area contributed by atoms with Crippen LogP contribution in [0, 0.1) is 0 Å². The minimum atomic E-state index is 0.481. The number of halogens is 1. The second kappa shape index (κ2) is 8.15. The van der Waals surface area contributed by atoms with Gasteiger partial charge in [0.1, 0.15) is 18.0 Å². The topological polar surface area (TPSA) is 35.5 Å². The molecule has 2 heterocycles. The van der Waals surface area contributed by atoms with Gasteiger partial charge in [0.05, 0.1) is 0 Å². The van der Waals surface area contributed by atoms with E-state index < -0.39 is 0 Å². The Balaban J connectivity index is 1.66. The molecule has 134 valence electrons. The second-order valence-electron chi connectivity index (χ2n) is 6.90. The van der Waals surface area contributed by atoms with Gasteiger partial charge < -0.3 is 9.80 Å². The van der Waals surface area contributed by atoms with Gasteiger partial charge >= 0.3 is 0 Å². The molecule has 5 nitrogen and oxygen atoms in total. The predicted octanol–water partition coefficient (Wildman–Crippen LogP) is 3.41. The van der Waals surface area contributed by atoms with E-state index in [0.717, 1.165) is 35.7 Å². The van der Waals surface area contributed by atoms with E-state index in [1.165, 1.54) is 18.4 Å². The third-order valence-electron chi connectivity index (χ3n) is 4.81. The highest BCUT2D eigenvalue weighted by atomic mass is 79.9. The van der Waals surface area contributed by atoms with Gasteiger partial charge in [-0.3, -0.25) is 4.90 Å². The Labute approximate surface area is 158 Å². The summed E-state index contributed by atoms with van der Waals surface area (Å²) in [5, 5.41) is 0. The molecule has 1 aromatic heterocycles. The highest BCUT2D eigenvalue weighted by Crippen LogP contribution is 2.23. The van der Waals surface area contributed by atoms with Crippen molar-refractivity contribution in [3.05, 3.63) is 46.7 Å². The SMILES string of the molecule is CN(C)c1cc(N(C)C2CCCN(Cc3ccc(Br)cc3)C2)ncn1. The van der Waals surface area contributed by atoms with Crippen molar-refractivity contribution in [2.75, 3.05) is 44.0 Å². The van der Waals surface area contributed by atoms with E-state index in [-0.39, 0.29) is 0 Å². The molecule has 0 radical (unpaired) electrons. The Hall–Kier alpha value is -1.66. The molecule has 6 heteroatoms. The lowest BCUT2D eigenvalue weighted by molar-refractivity contribution is 0.198. The Morgan fingerprint density at radius 2 is 1.84 bits per heavy atom. The number of anilines is 2. The molecule has 1 fully saturated rings. The zero-order valence-corrected chi connectivity index (χ0v) is 16.8. The lowest BCUT2D eigenvalue weighted by Gasteiger charge is -2.38. The Morgan fingerprint density at radius 1 is 1.12 bits per heavy atom. The number of likely N-dealkylation sites (tertiary alicyclic amines) is 1. The molecule has 25 heavy (non-hydrogen) atoms. The summed E-state index contributed by atoms with van der Waals surface area (Å²) in [6.07, 6.45) is 4.08. The first kappa shape index (κ1) is 18.1. The Kier molecular flexibility index (Phi) is 5.91. The standard InChI is InChI=1S/C19H26BrN5/c1-23(2)18-11-19(22-14-21-18)24(3)17-5-4-10-25(13-17)12-15-6-8-16(20)9-7-15/h6-9,11,14,17H,4-5,10,12-13H2,1-3H3. The molecule has 1 saturated heterocycles. The minimum Gasteiger partial charge on any atom is -0.363 e. The number of piperidine rings is 1. The fourth-order valence-corrected chi connectivity index (χ4v) is 3.56. The summed E-state index contributed by atoms with van der Waals surface area (Å²) >= 11 is 3.51. The maximum atomic E-state index is 4.48. The van der Waals surface area contributed by atoms with Gasteiger partial charge in [-0.15, -0.1) is 0 Å². The molecule has 1 aliphatic heterocycles. The molecule has 0 saturated carbocycles. The minimum absolute atomic E-state index is 0.481. The van der Waals surface area contributed by atoms with Gasteiger partial charge in [0.25, 0.3) is 0 Å². The summed E-state index contributed by atoms with van der Waals surface area (Å²) in [6.45, 7) is 3.23. The van der Waals surface area contributed by atoms with Crippen LogP contribution in [0.25, 0.3) is 0 Å². The average molecular weight is 404 g/mol. The zero-order chi connectivity index (χ0) is 17.8. The van der Waals surface area contributed by atoms with Gasteiger partial charge in [0.2, 0.25) is 0 Å². The Morgan fingerprint density at radius 3 is 2.56 bits per heavy atom. The number of likely N-dealkylation sites (N-methyl/N-ethyl adjacent to an activating group) is 1. The van der Waals surface area contributed by atoms with E-state index in [4.69, 9.17) is 0 Å². The number of rotatable bonds is 5. The van der Waals surface area contributed by atoms with Gasteiger partial charge in [-0.1, -0.05) is 28.1 Å².